The predicted molar refractivity (Wildman–Crippen MR) is 263 cm³/mol. The summed E-state index contributed by atoms with van der Waals surface area (Å²) >= 11 is 0.707. The molecule has 0 saturated carbocycles. The minimum atomic E-state index is -4.75. The Labute approximate surface area is 397 Å². The molecule has 2 saturated heterocycles. The number of para-hydroxylation sites is 2. The van der Waals surface area contributed by atoms with Crippen LogP contribution in [0.1, 0.15) is 11.1 Å². The Morgan fingerprint density at radius 1 is 0.574 bits per heavy atom. The maximum Gasteiger partial charge on any atom is 0.295 e. The molecular formula is C44H52N16O6S2. The molecule has 22 nitrogen and oxygen atoms in total. The molecule has 8 rings (SSSR count). The van der Waals surface area contributed by atoms with Crippen LogP contribution in [-0.4, -0.2) is 136 Å². The minimum Gasteiger partial charge on any atom is -0.338 e. The van der Waals surface area contributed by atoms with Gasteiger partial charge in [0.25, 0.3) is 10.1 Å². The minimum absolute atomic E-state index is 0.155. The van der Waals surface area contributed by atoms with Gasteiger partial charge in [0.2, 0.25) is 35.7 Å². The number of nitrogens with zero attached hydrogens (tertiary/aromatic N) is 10. The third-order valence-corrected chi connectivity index (χ3v) is 12.5. The average Bonchev–Trinajstić information content (AvgIpc) is 3.34. The Morgan fingerprint density at radius 2 is 1.00 bits per heavy atom. The molecule has 4 heterocycles. The Morgan fingerprint density at radius 3 is 1.44 bits per heavy atom. The number of piperazine rings is 2. The van der Waals surface area contributed by atoms with Crippen molar-refractivity contribution in [1.82, 2.24) is 39.7 Å². The van der Waals surface area contributed by atoms with Gasteiger partial charge in [0.15, 0.2) is 0 Å². The fraction of sp³-hybridized carbons (Fsp3) is 0.273. The lowest BCUT2D eigenvalue weighted by Crippen LogP contribution is -2.48. The van der Waals surface area contributed by atoms with Crippen LogP contribution in [0.2, 0.25) is 0 Å². The van der Waals surface area contributed by atoms with Crippen LogP contribution in [0.25, 0.3) is 12.2 Å². The molecule has 0 bridgehead atoms. The smallest absolute Gasteiger partial charge is 0.295 e. The van der Waals surface area contributed by atoms with Gasteiger partial charge in [-0.25, -0.2) is 5.26 Å². The molecule has 0 atom stereocenters. The molecule has 4 aromatic carbocycles. The lowest BCUT2D eigenvalue weighted by atomic mass is 10.1. The molecule has 0 amide bonds. The number of hydrogen-bond acceptors (Lipinski definition) is 22. The second-order valence-electron chi connectivity index (χ2n) is 15.6. The molecule has 2 aromatic heterocycles. The number of nitrogens with two attached hydrogens (primary N) is 2. The normalized spacial score (nSPS) is 14.9. The molecule has 2 aliphatic rings. The SMILES string of the molecule is NCCN1CCN(c2nc(Nc3ccccc3)nc(Nc3ccc(/C=C/c4ccc(Nc5nc(Nc6ccccc6)nc(N6CCN(CCN)CC6)n5)cc4S(=O)(=O)O)c(SOOO)c3)n2)CC1. The quantitative estimate of drug-likeness (QED) is 0.0164. The highest BCUT2D eigenvalue weighted by Crippen LogP contribution is 2.32. The Kier molecular flexibility index (Phi) is 16.2. The van der Waals surface area contributed by atoms with Crippen LogP contribution in [0.3, 0.4) is 0 Å². The van der Waals surface area contributed by atoms with Crippen molar-refractivity contribution < 1.29 is 27.6 Å². The number of rotatable bonds is 20. The highest BCUT2D eigenvalue weighted by atomic mass is 32.2. The first-order valence-corrected chi connectivity index (χ1v) is 23.9. The van der Waals surface area contributed by atoms with Gasteiger partial charge in [-0.3, -0.25) is 14.4 Å². The van der Waals surface area contributed by atoms with Gasteiger partial charge < -0.3 is 42.5 Å². The summed E-state index contributed by atoms with van der Waals surface area (Å²) in [5, 5.41) is 25.9. The highest BCUT2D eigenvalue weighted by molar-refractivity contribution is 7.94. The molecule has 6 aromatic rings. The Hall–Kier alpha value is -6.58. The van der Waals surface area contributed by atoms with Gasteiger partial charge in [-0.15, -0.1) is 4.33 Å². The van der Waals surface area contributed by atoms with Gasteiger partial charge >= 0.3 is 0 Å². The summed E-state index contributed by atoms with van der Waals surface area (Å²) in [7, 11) is -4.75. The molecule has 2 aliphatic heterocycles. The van der Waals surface area contributed by atoms with Crippen molar-refractivity contribution in [3.05, 3.63) is 108 Å². The predicted octanol–water partition coefficient (Wildman–Crippen LogP) is 5.04. The standard InChI is InChI=1S/C44H52N16O6S2/c45-17-19-57-21-25-59(26-22-57)43-53-39(47-33-7-3-1-4-8-33)51-41(55-43)49-35-15-13-31(37(29-35)67-66-65-61)11-12-32-14-16-36(30-38(32)68(62,63)64)50-42-52-40(48-34-9-5-2-6-10-34)54-44(56-42)60-27-23-58(20-18-46)24-28-60/h1-16,29-30,61H,17-28,45-46H2,(H,62,63,64)(H2,47,49,51,53,55)(H2,48,50,52,54,56)/b12-11+. The third kappa shape index (κ3) is 13.1. The van der Waals surface area contributed by atoms with E-state index in [0.717, 1.165) is 50.6 Å². The Balaban J connectivity index is 1.04. The van der Waals surface area contributed by atoms with Crippen LogP contribution < -0.4 is 42.5 Å². The molecule has 0 aliphatic carbocycles. The van der Waals surface area contributed by atoms with Crippen LogP contribution in [0, 0.1) is 0 Å². The molecule has 68 heavy (non-hydrogen) atoms. The lowest BCUT2D eigenvalue weighted by Gasteiger charge is -2.34. The van der Waals surface area contributed by atoms with Crippen molar-refractivity contribution in [3.8, 4) is 0 Å². The first-order valence-electron chi connectivity index (χ1n) is 21.8. The van der Waals surface area contributed by atoms with Gasteiger partial charge in [0.05, 0.1) is 12.0 Å². The zero-order valence-corrected chi connectivity index (χ0v) is 38.5. The summed E-state index contributed by atoms with van der Waals surface area (Å²) in [5.41, 5.74) is 14.7. The van der Waals surface area contributed by atoms with E-state index in [2.05, 4.69) is 55.9 Å². The van der Waals surface area contributed by atoms with Gasteiger partial charge in [0.1, 0.15) is 4.90 Å². The fourth-order valence-corrected chi connectivity index (χ4v) is 8.75. The molecule has 10 N–H and O–H groups in total. The van der Waals surface area contributed by atoms with Gasteiger partial charge in [-0.05, 0) is 59.7 Å². The van der Waals surface area contributed by atoms with E-state index in [0.29, 0.717) is 91.0 Å². The monoisotopic (exact) mass is 964 g/mol. The number of aromatic nitrogens is 6. The van der Waals surface area contributed by atoms with Crippen LogP contribution in [0.15, 0.2) is 107 Å². The summed E-state index contributed by atoms with van der Waals surface area (Å²) in [6, 6.07) is 28.7. The molecule has 356 valence electrons. The number of nitrogens with one attached hydrogen (secondary N) is 4. The largest absolute Gasteiger partial charge is 0.338 e. The number of benzene rings is 4. The summed E-state index contributed by atoms with van der Waals surface area (Å²) in [6.45, 7) is 8.71. The van der Waals surface area contributed by atoms with E-state index >= 15 is 0 Å². The topological polar surface area (TPSA) is 284 Å². The van der Waals surface area contributed by atoms with Gasteiger partial charge in [0, 0.05) is 106 Å². The van der Waals surface area contributed by atoms with Crippen LogP contribution >= 0.6 is 12.0 Å². The maximum absolute atomic E-state index is 12.9. The third-order valence-electron chi connectivity index (χ3n) is 10.9. The van der Waals surface area contributed by atoms with Crippen molar-refractivity contribution in [2.24, 2.45) is 11.5 Å². The summed E-state index contributed by atoms with van der Waals surface area (Å²) in [4.78, 5) is 36.9. The van der Waals surface area contributed by atoms with E-state index in [1.807, 2.05) is 60.7 Å². The highest BCUT2D eigenvalue weighted by Gasteiger charge is 2.23. The molecule has 0 unspecified atom stereocenters. The van der Waals surface area contributed by atoms with Crippen LogP contribution in [-0.2, 0) is 19.5 Å². The first-order chi connectivity index (χ1) is 33.1. The summed E-state index contributed by atoms with van der Waals surface area (Å²) in [6.07, 6.45) is 3.16. The van der Waals surface area contributed by atoms with Crippen molar-refractivity contribution in [1.29, 1.82) is 0 Å². The van der Waals surface area contributed by atoms with Crippen molar-refractivity contribution in [2.75, 3.05) is 110 Å². The average molecular weight is 965 g/mol. The number of hydrogen-bond donors (Lipinski definition) is 8. The van der Waals surface area contributed by atoms with Gasteiger partial charge in [-0.1, -0.05) is 65.7 Å². The van der Waals surface area contributed by atoms with E-state index in [-0.39, 0.29) is 28.3 Å². The molecule has 24 heteroatoms. The number of anilines is 10. The van der Waals surface area contributed by atoms with E-state index in [1.165, 1.54) is 18.2 Å². The second kappa shape index (κ2) is 22.9. The summed E-state index contributed by atoms with van der Waals surface area (Å²) in [5.74, 6) is 1.97. The molecular weight excluding hydrogens is 913 g/mol. The zero-order valence-electron chi connectivity index (χ0n) is 36.8. The van der Waals surface area contributed by atoms with Gasteiger partial charge in [-0.2, -0.15) is 38.3 Å². The molecule has 0 radical (unpaired) electrons. The second-order valence-corrected chi connectivity index (χ2v) is 17.7. The van der Waals surface area contributed by atoms with Crippen molar-refractivity contribution in [3.63, 3.8) is 0 Å². The van der Waals surface area contributed by atoms with E-state index in [9.17, 15) is 13.0 Å². The Bertz CT molecular complexity index is 2750. The molecule has 0 spiro atoms. The van der Waals surface area contributed by atoms with E-state index < -0.39 is 10.1 Å². The van der Waals surface area contributed by atoms with E-state index in [1.54, 1.807) is 30.3 Å². The maximum atomic E-state index is 12.9. The lowest BCUT2D eigenvalue weighted by molar-refractivity contribution is -0.432. The van der Waals surface area contributed by atoms with E-state index in [4.69, 9.17) is 41.0 Å². The fourth-order valence-electron chi connectivity index (χ4n) is 7.53. The first kappa shape index (κ1) is 47.9. The van der Waals surface area contributed by atoms with Crippen molar-refractivity contribution in [2.45, 2.75) is 9.79 Å². The van der Waals surface area contributed by atoms with Crippen LogP contribution in [0.4, 0.5) is 58.4 Å². The summed E-state index contributed by atoms with van der Waals surface area (Å²) < 4.78 is 41.1. The zero-order chi connectivity index (χ0) is 47.3. The van der Waals surface area contributed by atoms with Crippen molar-refractivity contribution >= 4 is 92.8 Å². The molecule has 2 fully saturated rings. The van der Waals surface area contributed by atoms with Crippen LogP contribution in [0.5, 0.6) is 0 Å².